The molecule has 10 heteroatoms. The lowest BCUT2D eigenvalue weighted by atomic mass is 10.2. The molecule has 0 aliphatic heterocycles. The summed E-state index contributed by atoms with van der Waals surface area (Å²) in [4.78, 5) is 30.3. The molecule has 0 saturated carbocycles. The zero-order valence-electron chi connectivity index (χ0n) is 13.9. The number of nitrogens with one attached hydrogen (secondary N) is 2. The average Bonchev–Trinajstić information content (AvgIpc) is 2.61. The van der Waals surface area contributed by atoms with E-state index < -0.39 is 17.9 Å². The standard InChI is InChI=1S/C16H17F3N4O2S/c1-2-7-20-12(24)8-21-13(25)9-26-14-10-5-3-4-6-11(10)22-15(23-14)16(17,18)19/h3-6H,2,7-9H2,1H3,(H,20,24)(H,21,25). The van der Waals surface area contributed by atoms with Crippen LogP contribution in [-0.4, -0.2) is 40.6 Å². The summed E-state index contributed by atoms with van der Waals surface area (Å²) in [6, 6.07) is 6.27. The van der Waals surface area contributed by atoms with Gasteiger partial charge >= 0.3 is 6.18 Å². The van der Waals surface area contributed by atoms with Gasteiger partial charge in [0.15, 0.2) is 0 Å². The summed E-state index contributed by atoms with van der Waals surface area (Å²) in [6.07, 6.45) is -3.91. The van der Waals surface area contributed by atoms with Gasteiger partial charge in [-0.2, -0.15) is 13.2 Å². The van der Waals surface area contributed by atoms with Crippen LogP contribution in [-0.2, 0) is 15.8 Å². The summed E-state index contributed by atoms with van der Waals surface area (Å²) in [7, 11) is 0. The number of hydrogen-bond donors (Lipinski definition) is 2. The number of nitrogens with zero attached hydrogens (tertiary/aromatic N) is 2. The molecular formula is C16H17F3N4O2S. The third-order valence-corrected chi connectivity index (χ3v) is 4.17. The van der Waals surface area contributed by atoms with E-state index in [0.717, 1.165) is 18.2 Å². The predicted molar refractivity (Wildman–Crippen MR) is 91.6 cm³/mol. The van der Waals surface area contributed by atoms with Crippen LogP contribution in [0.25, 0.3) is 10.9 Å². The van der Waals surface area contributed by atoms with E-state index in [1.165, 1.54) is 6.07 Å². The molecule has 26 heavy (non-hydrogen) atoms. The Labute approximate surface area is 152 Å². The summed E-state index contributed by atoms with van der Waals surface area (Å²) in [6.45, 7) is 2.23. The fraction of sp³-hybridized carbons (Fsp3) is 0.375. The SMILES string of the molecule is CCCNC(=O)CNC(=O)CSc1nc(C(F)(F)F)nc2ccccc12. The van der Waals surface area contributed by atoms with Gasteiger partial charge in [0.1, 0.15) is 5.03 Å². The molecule has 0 saturated heterocycles. The second-order valence-corrected chi connectivity index (χ2v) is 6.25. The summed E-state index contributed by atoms with van der Waals surface area (Å²) in [5.41, 5.74) is 0.150. The van der Waals surface area contributed by atoms with Crippen LogP contribution in [0.4, 0.5) is 13.2 Å². The van der Waals surface area contributed by atoms with Crippen LogP contribution in [0.3, 0.4) is 0 Å². The van der Waals surface area contributed by atoms with Gasteiger partial charge in [0.25, 0.3) is 0 Å². The van der Waals surface area contributed by atoms with Crippen LogP contribution in [0.15, 0.2) is 29.3 Å². The Morgan fingerprint density at radius 3 is 2.54 bits per heavy atom. The number of benzene rings is 1. The quantitative estimate of drug-likeness (QED) is 0.564. The Kier molecular flexibility index (Phi) is 6.78. The van der Waals surface area contributed by atoms with E-state index in [2.05, 4.69) is 20.6 Å². The van der Waals surface area contributed by atoms with E-state index in [1.807, 2.05) is 6.92 Å². The largest absolute Gasteiger partial charge is 0.451 e. The number of amides is 2. The van der Waals surface area contributed by atoms with Crippen LogP contribution in [0.1, 0.15) is 19.2 Å². The maximum absolute atomic E-state index is 12.9. The van der Waals surface area contributed by atoms with E-state index in [4.69, 9.17) is 0 Å². The number of alkyl halides is 3. The highest BCUT2D eigenvalue weighted by Crippen LogP contribution is 2.31. The Hall–Kier alpha value is -2.36. The van der Waals surface area contributed by atoms with Crippen molar-refractivity contribution in [2.45, 2.75) is 24.5 Å². The number of rotatable bonds is 7. The second kappa shape index (κ2) is 8.84. The van der Waals surface area contributed by atoms with Crippen molar-refractivity contribution in [3.63, 3.8) is 0 Å². The minimum atomic E-state index is -4.68. The van der Waals surface area contributed by atoms with Gasteiger partial charge in [0.2, 0.25) is 17.6 Å². The van der Waals surface area contributed by atoms with Gasteiger partial charge in [-0.15, -0.1) is 0 Å². The monoisotopic (exact) mass is 386 g/mol. The van der Waals surface area contributed by atoms with Crippen molar-refractivity contribution < 1.29 is 22.8 Å². The number of halogens is 3. The van der Waals surface area contributed by atoms with Crippen molar-refractivity contribution in [3.8, 4) is 0 Å². The highest BCUT2D eigenvalue weighted by Gasteiger charge is 2.35. The number of aromatic nitrogens is 2. The third kappa shape index (κ3) is 5.58. The van der Waals surface area contributed by atoms with Gasteiger partial charge in [-0.3, -0.25) is 9.59 Å². The molecule has 0 unspecified atom stereocenters. The van der Waals surface area contributed by atoms with Crippen molar-refractivity contribution in [1.29, 1.82) is 0 Å². The maximum atomic E-state index is 12.9. The van der Waals surface area contributed by atoms with Gasteiger partial charge in [0, 0.05) is 11.9 Å². The molecule has 0 radical (unpaired) electrons. The number of thioether (sulfide) groups is 1. The number of para-hydroxylation sites is 1. The number of carbonyl (C=O) groups excluding carboxylic acids is 2. The van der Waals surface area contributed by atoms with Gasteiger partial charge in [-0.05, 0) is 12.5 Å². The minimum Gasteiger partial charge on any atom is -0.355 e. The molecule has 6 nitrogen and oxygen atoms in total. The molecule has 2 aromatic rings. The molecular weight excluding hydrogens is 369 g/mol. The van der Waals surface area contributed by atoms with Crippen LogP contribution in [0.5, 0.6) is 0 Å². The lowest BCUT2D eigenvalue weighted by Gasteiger charge is -2.10. The summed E-state index contributed by atoms with van der Waals surface area (Å²) >= 11 is 0.863. The zero-order valence-corrected chi connectivity index (χ0v) is 14.7. The van der Waals surface area contributed by atoms with Crippen LogP contribution in [0.2, 0.25) is 0 Å². The summed E-state index contributed by atoms with van der Waals surface area (Å²) in [5.74, 6) is -2.22. The third-order valence-electron chi connectivity index (χ3n) is 3.18. The fourth-order valence-corrected chi connectivity index (χ4v) is 2.82. The minimum absolute atomic E-state index is 0.0634. The smallest absolute Gasteiger partial charge is 0.355 e. The van der Waals surface area contributed by atoms with Crippen molar-refractivity contribution in [2.24, 2.45) is 0 Å². The van der Waals surface area contributed by atoms with E-state index in [0.29, 0.717) is 11.9 Å². The Bertz CT molecular complexity index is 799. The lowest BCUT2D eigenvalue weighted by molar-refractivity contribution is -0.145. The van der Waals surface area contributed by atoms with Gasteiger partial charge in [-0.1, -0.05) is 36.9 Å². The number of fused-ring (bicyclic) bond motifs is 1. The Morgan fingerprint density at radius 2 is 1.85 bits per heavy atom. The molecule has 0 atom stereocenters. The first-order chi connectivity index (χ1) is 12.3. The van der Waals surface area contributed by atoms with Crippen LogP contribution in [0, 0.1) is 0 Å². The second-order valence-electron chi connectivity index (χ2n) is 5.28. The first-order valence-electron chi connectivity index (χ1n) is 7.81. The predicted octanol–water partition coefficient (Wildman–Crippen LogP) is 2.38. The topological polar surface area (TPSA) is 84.0 Å². The lowest BCUT2D eigenvalue weighted by Crippen LogP contribution is -2.37. The first kappa shape index (κ1) is 20.0. The van der Waals surface area contributed by atoms with Gasteiger partial charge in [0.05, 0.1) is 17.8 Å². The van der Waals surface area contributed by atoms with Crippen molar-refractivity contribution in [2.75, 3.05) is 18.8 Å². The summed E-state index contributed by atoms with van der Waals surface area (Å²) in [5, 5.41) is 5.51. The normalized spacial score (nSPS) is 11.4. The van der Waals surface area contributed by atoms with Crippen molar-refractivity contribution >= 4 is 34.5 Å². The molecule has 1 heterocycles. The Balaban J connectivity index is 2.05. The fourth-order valence-electron chi connectivity index (χ4n) is 1.98. The maximum Gasteiger partial charge on any atom is 0.451 e. The molecule has 0 fully saturated rings. The molecule has 0 spiro atoms. The average molecular weight is 386 g/mol. The van der Waals surface area contributed by atoms with Crippen LogP contribution < -0.4 is 10.6 Å². The molecule has 0 aliphatic rings. The molecule has 140 valence electrons. The summed E-state index contributed by atoms with van der Waals surface area (Å²) < 4.78 is 38.8. The molecule has 2 rings (SSSR count). The molecule has 2 N–H and O–H groups in total. The molecule has 2 amide bonds. The highest BCUT2D eigenvalue weighted by atomic mass is 32.2. The number of hydrogen-bond acceptors (Lipinski definition) is 5. The van der Waals surface area contributed by atoms with Crippen molar-refractivity contribution in [3.05, 3.63) is 30.1 Å². The van der Waals surface area contributed by atoms with Gasteiger partial charge in [-0.25, -0.2) is 9.97 Å². The van der Waals surface area contributed by atoms with E-state index >= 15 is 0 Å². The van der Waals surface area contributed by atoms with E-state index in [9.17, 15) is 22.8 Å². The van der Waals surface area contributed by atoms with E-state index in [1.54, 1.807) is 18.2 Å². The first-order valence-corrected chi connectivity index (χ1v) is 8.80. The highest BCUT2D eigenvalue weighted by molar-refractivity contribution is 8.00. The zero-order chi connectivity index (χ0) is 19.2. The van der Waals surface area contributed by atoms with E-state index in [-0.39, 0.29) is 28.7 Å². The van der Waals surface area contributed by atoms with Crippen molar-refractivity contribution in [1.82, 2.24) is 20.6 Å². The molecule has 0 aliphatic carbocycles. The van der Waals surface area contributed by atoms with Gasteiger partial charge < -0.3 is 10.6 Å². The molecule has 1 aromatic carbocycles. The van der Waals surface area contributed by atoms with Crippen LogP contribution >= 0.6 is 11.8 Å². The number of carbonyl (C=O) groups is 2. The molecule has 1 aromatic heterocycles. The molecule has 0 bridgehead atoms. The Morgan fingerprint density at radius 1 is 1.12 bits per heavy atom.